The van der Waals surface area contributed by atoms with Crippen molar-refractivity contribution in [1.82, 2.24) is 0 Å². The van der Waals surface area contributed by atoms with Crippen LogP contribution in [0.3, 0.4) is 0 Å². The zero-order chi connectivity index (χ0) is 17.5. The molecule has 118 valence electrons. The fraction of sp³-hybridized carbons (Fsp3) is 0.250. The fourth-order valence-electron chi connectivity index (χ4n) is 2.42. The molecule has 0 fully saturated rings. The van der Waals surface area contributed by atoms with Gasteiger partial charge in [-0.3, -0.25) is 0 Å². The number of rotatable bonds is 2. The summed E-state index contributed by atoms with van der Waals surface area (Å²) < 4.78 is 89.3. The SMILES string of the molecule is [2H]c1ccc(C(c2ccc(C)cc2)(C(F)(F)F)C(F)(F)F)cc1. The first-order chi connectivity index (χ1) is 10.5. The molecular formula is C16H12F6. The normalized spacial score (nSPS) is 13.9. The van der Waals surface area contributed by atoms with Gasteiger partial charge in [0.15, 0.2) is 0 Å². The first-order valence-electron chi connectivity index (χ1n) is 6.78. The Balaban J connectivity index is 2.86. The molecule has 0 unspecified atom stereocenters. The van der Waals surface area contributed by atoms with E-state index in [4.69, 9.17) is 1.37 Å². The van der Waals surface area contributed by atoms with E-state index in [1.807, 2.05) is 0 Å². The first kappa shape index (κ1) is 14.9. The van der Waals surface area contributed by atoms with E-state index < -0.39 is 28.9 Å². The van der Waals surface area contributed by atoms with Gasteiger partial charge >= 0.3 is 12.4 Å². The van der Waals surface area contributed by atoms with Gasteiger partial charge in [0.25, 0.3) is 0 Å². The molecule has 0 heterocycles. The van der Waals surface area contributed by atoms with Gasteiger partial charge in [0.2, 0.25) is 5.41 Å². The summed E-state index contributed by atoms with van der Waals surface area (Å²) >= 11 is 0. The Morgan fingerprint density at radius 3 is 1.55 bits per heavy atom. The summed E-state index contributed by atoms with van der Waals surface area (Å²) in [6.07, 6.45) is -11.2. The quantitative estimate of drug-likeness (QED) is 0.650. The summed E-state index contributed by atoms with van der Waals surface area (Å²) in [7, 11) is 0. The van der Waals surface area contributed by atoms with E-state index in [0.717, 1.165) is 24.3 Å². The summed E-state index contributed by atoms with van der Waals surface area (Å²) in [4.78, 5) is 0. The van der Waals surface area contributed by atoms with Gasteiger partial charge in [-0.05, 0) is 18.1 Å². The van der Waals surface area contributed by atoms with E-state index in [9.17, 15) is 26.3 Å². The summed E-state index contributed by atoms with van der Waals surface area (Å²) in [6, 6.07) is 7.14. The van der Waals surface area contributed by atoms with Crippen LogP contribution in [-0.4, -0.2) is 12.4 Å². The molecule has 0 radical (unpaired) electrons. The van der Waals surface area contributed by atoms with Crippen molar-refractivity contribution in [1.29, 1.82) is 0 Å². The van der Waals surface area contributed by atoms with Gasteiger partial charge in [0.1, 0.15) is 0 Å². The minimum atomic E-state index is -5.59. The summed E-state index contributed by atoms with van der Waals surface area (Å²) in [5.41, 5.74) is -5.45. The highest BCUT2D eigenvalue weighted by molar-refractivity contribution is 5.44. The Labute approximate surface area is 124 Å². The Morgan fingerprint density at radius 2 is 1.14 bits per heavy atom. The highest BCUT2D eigenvalue weighted by atomic mass is 19.4. The molecule has 2 rings (SSSR count). The molecule has 2 aromatic rings. The van der Waals surface area contributed by atoms with Crippen molar-refractivity contribution >= 4 is 0 Å². The van der Waals surface area contributed by atoms with Crippen LogP contribution in [0.4, 0.5) is 26.3 Å². The molecule has 0 spiro atoms. The molecule has 0 saturated carbocycles. The molecule has 0 saturated heterocycles. The summed E-state index contributed by atoms with van der Waals surface area (Å²) in [6.45, 7) is 1.57. The third-order valence-electron chi connectivity index (χ3n) is 3.49. The lowest BCUT2D eigenvalue weighted by atomic mass is 9.73. The molecule has 0 aromatic heterocycles. The van der Waals surface area contributed by atoms with Gasteiger partial charge in [-0.15, -0.1) is 0 Å². The van der Waals surface area contributed by atoms with Gasteiger partial charge in [-0.2, -0.15) is 26.3 Å². The zero-order valence-corrected chi connectivity index (χ0v) is 11.4. The molecular weight excluding hydrogens is 306 g/mol. The number of alkyl halides is 6. The Hall–Kier alpha value is -1.98. The number of aryl methyl sites for hydroxylation is 1. The van der Waals surface area contributed by atoms with Gasteiger partial charge in [0.05, 0.1) is 1.37 Å². The second kappa shape index (κ2) is 5.34. The van der Waals surface area contributed by atoms with Crippen molar-refractivity contribution in [2.75, 3.05) is 0 Å². The molecule has 0 bridgehead atoms. The van der Waals surface area contributed by atoms with E-state index in [1.165, 1.54) is 12.1 Å². The maximum atomic E-state index is 13.7. The smallest absolute Gasteiger partial charge is 0.169 e. The Morgan fingerprint density at radius 1 is 0.727 bits per heavy atom. The van der Waals surface area contributed by atoms with Crippen LogP contribution in [0.15, 0.2) is 54.6 Å². The van der Waals surface area contributed by atoms with E-state index >= 15 is 0 Å². The highest BCUT2D eigenvalue weighted by Crippen LogP contribution is 2.56. The molecule has 0 aliphatic heterocycles. The molecule has 2 aromatic carbocycles. The predicted molar refractivity (Wildman–Crippen MR) is 70.5 cm³/mol. The van der Waals surface area contributed by atoms with E-state index in [1.54, 1.807) is 6.92 Å². The van der Waals surface area contributed by atoms with Crippen molar-refractivity contribution in [3.8, 4) is 0 Å². The lowest BCUT2D eigenvalue weighted by Crippen LogP contribution is -2.54. The number of hydrogen-bond acceptors (Lipinski definition) is 0. The third-order valence-corrected chi connectivity index (χ3v) is 3.49. The van der Waals surface area contributed by atoms with Crippen LogP contribution in [0.25, 0.3) is 0 Å². The van der Waals surface area contributed by atoms with Crippen molar-refractivity contribution in [3.05, 3.63) is 71.3 Å². The summed E-state index contributed by atoms with van der Waals surface area (Å²) in [5.74, 6) is 0. The number of hydrogen-bond donors (Lipinski definition) is 0. The molecule has 0 N–H and O–H groups in total. The Bertz CT molecular complexity index is 606. The lowest BCUT2D eigenvalue weighted by molar-refractivity contribution is -0.288. The largest absolute Gasteiger partial charge is 0.411 e. The van der Waals surface area contributed by atoms with Gasteiger partial charge in [-0.1, -0.05) is 60.1 Å². The maximum absolute atomic E-state index is 13.7. The standard InChI is InChI=1S/C16H12F6/c1-11-7-9-13(10-8-11)14(15(17,18)19,16(20,21)22)12-5-3-2-4-6-12/h2-10H,1H3/i2D. The minimum Gasteiger partial charge on any atom is -0.169 e. The second-order valence-electron chi connectivity index (χ2n) is 4.90. The van der Waals surface area contributed by atoms with Crippen LogP contribution in [0.1, 0.15) is 18.1 Å². The minimum absolute atomic E-state index is 0.170. The van der Waals surface area contributed by atoms with Gasteiger partial charge in [-0.25, -0.2) is 0 Å². The van der Waals surface area contributed by atoms with Crippen molar-refractivity contribution in [2.24, 2.45) is 0 Å². The van der Waals surface area contributed by atoms with Crippen LogP contribution in [-0.2, 0) is 5.41 Å². The van der Waals surface area contributed by atoms with Crippen molar-refractivity contribution in [3.63, 3.8) is 0 Å². The fourth-order valence-corrected chi connectivity index (χ4v) is 2.42. The van der Waals surface area contributed by atoms with Crippen molar-refractivity contribution in [2.45, 2.75) is 24.7 Å². The van der Waals surface area contributed by atoms with Crippen LogP contribution >= 0.6 is 0 Å². The Kier molecular flexibility index (Phi) is 3.62. The summed E-state index contributed by atoms with van der Waals surface area (Å²) in [5, 5.41) is 0. The maximum Gasteiger partial charge on any atom is 0.411 e. The third kappa shape index (κ3) is 2.46. The molecule has 0 atom stereocenters. The van der Waals surface area contributed by atoms with Crippen LogP contribution in [0, 0.1) is 6.92 Å². The van der Waals surface area contributed by atoms with Crippen molar-refractivity contribution < 1.29 is 27.7 Å². The van der Waals surface area contributed by atoms with Crippen LogP contribution in [0.5, 0.6) is 0 Å². The molecule has 22 heavy (non-hydrogen) atoms. The molecule has 0 aliphatic carbocycles. The predicted octanol–water partition coefficient (Wildman–Crippen LogP) is 5.41. The lowest BCUT2D eigenvalue weighted by Gasteiger charge is -2.38. The average Bonchev–Trinajstić information content (AvgIpc) is 2.40. The van der Waals surface area contributed by atoms with Gasteiger partial charge in [0, 0.05) is 0 Å². The molecule has 0 aliphatic rings. The first-order valence-corrected chi connectivity index (χ1v) is 6.28. The molecule has 0 nitrogen and oxygen atoms in total. The number of benzene rings is 2. The topological polar surface area (TPSA) is 0 Å². The molecule has 0 amide bonds. The zero-order valence-electron chi connectivity index (χ0n) is 12.4. The molecule has 6 heteroatoms. The van der Waals surface area contributed by atoms with E-state index in [-0.39, 0.29) is 6.04 Å². The second-order valence-corrected chi connectivity index (χ2v) is 4.90. The monoisotopic (exact) mass is 319 g/mol. The highest BCUT2D eigenvalue weighted by Gasteiger charge is 2.72. The van der Waals surface area contributed by atoms with E-state index in [2.05, 4.69) is 0 Å². The number of halogens is 6. The van der Waals surface area contributed by atoms with E-state index in [0.29, 0.717) is 17.7 Å². The average molecular weight is 319 g/mol. The van der Waals surface area contributed by atoms with Crippen LogP contribution < -0.4 is 0 Å². The van der Waals surface area contributed by atoms with Gasteiger partial charge < -0.3 is 0 Å². The van der Waals surface area contributed by atoms with Crippen LogP contribution in [0.2, 0.25) is 0 Å².